The van der Waals surface area contributed by atoms with Crippen LogP contribution >= 0.6 is 11.3 Å². The van der Waals surface area contributed by atoms with Crippen molar-refractivity contribution in [3.05, 3.63) is 77.8 Å². The minimum Gasteiger partial charge on any atom is -0.354 e. The molecule has 0 bridgehead atoms. The fourth-order valence-electron chi connectivity index (χ4n) is 2.31. The molecular formula is C19H14N4O2S. The number of para-hydroxylation sites is 2. The third-order valence-electron chi connectivity index (χ3n) is 3.56. The molecule has 0 radical (unpaired) electrons. The Bertz CT molecular complexity index is 1010. The minimum absolute atomic E-state index is 0.203. The molecule has 7 heteroatoms. The second-order valence-corrected chi connectivity index (χ2v) is 6.28. The van der Waals surface area contributed by atoms with Gasteiger partial charge < -0.3 is 15.2 Å². The van der Waals surface area contributed by atoms with Crippen molar-refractivity contribution in [1.29, 1.82) is 0 Å². The molecule has 26 heavy (non-hydrogen) atoms. The van der Waals surface area contributed by atoms with E-state index in [2.05, 4.69) is 20.8 Å². The van der Waals surface area contributed by atoms with E-state index in [1.165, 1.54) is 11.3 Å². The Balaban J connectivity index is 1.47. The maximum atomic E-state index is 12.2. The molecule has 4 aromatic rings. The molecular weight excluding hydrogens is 348 g/mol. The summed E-state index contributed by atoms with van der Waals surface area (Å²) in [4.78, 5) is 16.7. The number of carbonyl (C=O) groups excluding carboxylic acids is 1. The van der Waals surface area contributed by atoms with Gasteiger partial charge in [0.2, 0.25) is 0 Å². The van der Waals surface area contributed by atoms with Gasteiger partial charge in [0.1, 0.15) is 5.69 Å². The molecule has 2 aromatic carbocycles. The van der Waals surface area contributed by atoms with Crippen LogP contribution in [0.5, 0.6) is 0 Å². The van der Waals surface area contributed by atoms with E-state index in [4.69, 9.17) is 4.52 Å². The Morgan fingerprint density at radius 3 is 2.38 bits per heavy atom. The zero-order valence-electron chi connectivity index (χ0n) is 13.5. The van der Waals surface area contributed by atoms with Crippen LogP contribution in [0.25, 0.3) is 11.5 Å². The van der Waals surface area contributed by atoms with Crippen molar-refractivity contribution in [2.45, 2.75) is 0 Å². The van der Waals surface area contributed by atoms with Gasteiger partial charge in [-0.1, -0.05) is 41.6 Å². The summed E-state index contributed by atoms with van der Waals surface area (Å²) in [6.45, 7) is 0. The molecule has 4 rings (SSSR count). The highest BCUT2D eigenvalue weighted by Crippen LogP contribution is 2.27. The lowest BCUT2D eigenvalue weighted by Crippen LogP contribution is -2.11. The topological polar surface area (TPSA) is 80.0 Å². The maximum Gasteiger partial charge on any atom is 0.277 e. The molecule has 0 aliphatic heterocycles. The standard InChI is InChI=1S/C19H14N4O2S/c24-18(20-13-7-3-1-4-8-13)15-11-17(25-23-15)16-12-26-19(22-16)21-14-9-5-2-6-10-14/h1-12H,(H,20,24)(H,21,22). The van der Waals surface area contributed by atoms with Crippen molar-refractivity contribution in [3.63, 3.8) is 0 Å². The van der Waals surface area contributed by atoms with E-state index in [0.717, 1.165) is 10.8 Å². The predicted octanol–water partition coefficient (Wildman–Crippen LogP) is 4.79. The Morgan fingerprint density at radius 2 is 1.65 bits per heavy atom. The number of carbonyl (C=O) groups is 1. The molecule has 0 unspecified atom stereocenters. The lowest BCUT2D eigenvalue weighted by atomic mass is 10.3. The first kappa shape index (κ1) is 16.0. The molecule has 0 atom stereocenters. The fourth-order valence-corrected chi connectivity index (χ4v) is 3.03. The van der Waals surface area contributed by atoms with Gasteiger partial charge in [-0.15, -0.1) is 11.3 Å². The summed E-state index contributed by atoms with van der Waals surface area (Å²) in [5.74, 6) is 0.115. The van der Waals surface area contributed by atoms with Crippen LogP contribution in [0, 0.1) is 0 Å². The quantitative estimate of drug-likeness (QED) is 0.533. The SMILES string of the molecule is O=C(Nc1ccccc1)c1cc(-c2csc(Nc3ccccc3)n2)on1. The van der Waals surface area contributed by atoms with E-state index >= 15 is 0 Å². The summed E-state index contributed by atoms with van der Waals surface area (Å²) in [6, 6.07) is 20.5. The summed E-state index contributed by atoms with van der Waals surface area (Å²) >= 11 is 1.45. The number of anilines is 3. The highest BCUT2D eigenvalue weighted by atomic mass is 32.1. The monoisotopic (exact) mass is 362 g/mol. The Kier molecular flexibility index (Phi) is 4.44. The molecule has 128 valence electrons. The summed E-state index contributed by atoms with van der Waals surface area (Å²) in [7, 11) is 0. The number of hydrogen-bond donors (Lipinski definition) is 2. The Hall–Kier alpha value is -3.45. The first-order valence-corrected chi connectivity index (χ1v) is 8.77. The maximum absolute atomic E-state index is 12.2. The first-order chi connectivity index (χ1) is 12.8. The average Bonchev–Trinajstić information content (AvgIpc) is 3.33. The summed E-state index contributed by atoms with van der Waals surface area (Å²) in [6.07, 6.45) is 0. The van der Waals surface area contributed by atoms with E-state index in [1.54, 1.807) is 18.2 Å². The van der Waals surface area contributed by atoms with Gasteiger partial charge in [0.05, 0.1) is 0 Å². The highest BCUT2D eigenvalue weighted by Gasteiger charge is 2.16. The van der Waals surface area contributed by atoms with Gasteiger partial charge in [-0.2, -0.15) is 0 Å². The number of nitrogens with one attached hydrogen (secondary N) is 2. The van der Waals surface area contributed by atoms with Crippen LogP contribution in [0.1, 0.15) is 10.5 Å². The van der Waals surface area contributed by atoms with E-state index in [0.29, 0.717) is 17.1 Å². The van der Waals surface area contributed by atoms with Gasteiger partial charge in [0, 0.05) is 22.8 Å². The zero-order valence-corrected chi connectivity index (χ0v) is 14.4. The van der Waals surface area contributed by atoms with Crippen LogP contribution in [0.4, 0.5) is 16.5 Å². The lowest BCUT2D eigenvalue weighted by Gasteiger charge is -2.00. The number of hydrogen-bond acceptors (Lipinski definition) is 6. The van der Waals surface area contributed by atoms with E-state index in [9.17, 15) is 4.79 Å². The summed E-state index contributed by atoms with van der Waals surface area (Å²) < 4.78 is 5.28. The molecule has 0 saturated carbocycles. The van der Waals surface area contributed by atoms with Crippen LogP contribution in [-0.4, -0.2) is 16.0 Å². The smallest absolute Gasteiger partial charge is 0.277 e. The molecule has 0 fully saturated rings. The average molecular weight is 362 g/mol. The van der Waals surface area contributed by atoms with Crippen molar-refractivity contribution >= 4 is 33.8 Å². The third kappa shape index (κ3) is 3.62. The second-order valence-electron chi connectivity index (χ2n) is 5.43. The van der Waals surface area contributed by atoms with Crippen LogP contribution in [0.3, 0.4) is 0 Å². The third-order valence-corrected chi connectivity index (χ3v) is 4.31. The van der Waals surface area contributed by atoms with Gasteiger partial charge in [0.25, 0.3) is 5.91 Å². The van der Waals surface area contributed by atoms with E-state index in [1.807, 2.05) is 53.9 Å². The zero-order chi connectivity index (χ0) is 17.8. The molecule has 6 nitrogen and oxygen atoms in total. The van der Waals surface area contributed by atoms with Gasteiger partial charge >= 0.3 is 0 Å². The van der Waals surface area contributed by atoms with Crippen LogP contribution < -0.4 is 10.6 Å². The second kappa shape index (κ2) is 7.20. The van der Waals surface area contributed by atoms with E-state index in [-0.39, 0.29) is 11.6 Å². The van der Waals surface area contributed by atoms with Crippen LogP contribution in [0.15, 0.2) is 76.6 Å². The number of amides is 1. The van der Waals surface area contributed by atoms with Crippen molar-refractivity contribution in [2.24, 2.45) is 0 Å². The first-order valence-electron chi connectivity index (χ1n) is 7.89. The van der Waals surface area contributed by atoms with Crippen molar-refractivity contribution in [1.82, 2.24) is 10.1 Å². The largest absolute Gasteiger partial charge is 0.354 e. The molecule has 1 amide bonds. The fraction of sp³-hybridized carbons (Fsp3) is 0. The van der Waals surface area contributed by atoms with Crippen molar-refractivity contribution < 1.29 is 9.32 Å². The summed E-state index contributed by atoms with van der Waals surface area (Å²) in [5, 5.41) is 12.4. The number of thiazole rings is 1. The van der Waals surface area contributed by atoms with Gasteiger partial charge in [0.15, 0.2) is 16.6 Å². The van der Waals surface area contributed by atoms with Gasteiger partial charge in [-0.3, -0.25) is 4.79 Å². The Labute approximate surface area is 153 Å². The lowest BCUT2D eigenvalue weighted by molar-refractivity contribution is 0.101. The number of rotatable bonds is 5. The number of benzene rings is 2. The normalized spacial score (nSPS) is 10.5. The molecule has 0 spiro atoms. The molecule has 0 aliphatic carbocycles. The van der Waals surface area contributed by atoms with Crippen LogP contribution in [0.2, 0.25) is 0 Å². The predicted molar refractivity (Wildman–Crippen MR) is 102 cm³/mol. The van der Waals surface area contributed by atoms with Gasteiger partial charge in [-0.25, -0.2) is 4.98 Å². The summed E-state index contributed by atoms with van der Waals surface area (Å²) in [5.41, 5.74) is 2.48. The Morgan fingerprint density at radius 1 is 0.962 bits per heavy atom. The number of aromatic nitrogens is 2. The molecule has 2 N–H and O–H groups in total. The van der Waals surface area contributed by atoms with E-state index < -0.39 is 0 Å². The van der Waals surface area contributed by atoms with Gasteiger partial charge in [-0.05, 0) is 24.3 Å². The minimum atomic E-state index is -0.330. The molecule has 2 aromatic heterocycles. The van der Waals surface area contributed by atoms with Crippen molar-refractivity contribution in [2.75, 3.05) is 10.6 Å². The molecule has 0 saturated heterocycles. The number of nitrogens with zero attached hydrogens (tertiary/aromatic N) is 2. The molecule has 2 heterocycles. The van der Waals surface area contributed by atoms with Crippen LogP contribution in [-0.2, 0) is 0 Å². The highest BCUT2D eigenvalue weighted by molar-refractivity contribution is 7.14. The molecule has 0 aliphatic rings. The van der Waals surface area contributed by atoms with Crippen molar-refractivity contribution in [3.8, 4) is 11.5 Å².